The van der Waals surface area contributed by atoms with Gasteiger partial charge in [-0.2, -0.15) is 4.39 Å². The molecule has 0 atom stereocenters. The maximum Gasteiger partial charge on any atom is 0.201 e. The van der Waals surface area contributed by atoms with Crippen molar-refractivity contribution >= 4 is 0 Å². The van der Waals surface area contributed by atoms with Crippen LogP contribution in [0.25, 0.3) is 11.1 Å². The standard InChI is InChI=1S/C25H28F2O.C2H6/c1-5-17-28-23-16-15-22(24(26)25(23)27)21-13-11-20(12-14-21)10-9-19(4)8-7-18(3)6-2;1-2/h7-8,11-16H,3-6,9-10,17H2,1-2H3;1-2H3/b8-7-;. The molecule has 0 unspecified atom stereocenters. The molecule has 0 fully saturated rings. The SMILES string of the molecule is C=C(/C=C\C(=C)CCc1ccc(-c2ccc(OCCC)c(F)c2F)cc1)CC.CC. The topological polar surface area (TPSA) is 9.23 Å². The van der Waals surface area contributed by atoms with Crippen molar-refractivity contribution in [3.05, 3.63) is 90.1 Å². The van der Waals surface area contributed by atoms with Crippen LogP contribution in [0.2, 0.25) is 0 Å². The maximum absolute atomic E-state index is 14.4. The summed E-state index contributed by atoms with van der Waals surface area (Å²) in [5.74, 6) is -1.86. The van der Waals surface area contributed by atoms with Crippen molar-refractivity contribution < 1.29 is 13.5 Å². The normalized spacial score (nSPS) is 10.5. The van der Waals surface area contributed by atoms with Gasteiger partial charge in [0, 0.05) is 5.56 Å². The zero-order valence-electron chi connectivity index (χ0n) is 18.7. The average Bonchev–Trinajstić information content (AvgIpc) is 2.78. The summed E-state index contributed by atoms with van der Waals surface area (Å²) < 4.78 is 33.9. The Kier molecular flexibility index (Phi) is 11.4. The Bertz CT molecular complexity index is 848. The fourth-order valence-electron chi connectivity index (χ4n) is 2.67. The van der Waals surface area contributed by atoms with E-state index in [4.69, 9.17) is 4.74 Å². The highest BCUT2D eigenvalue weighted by atomic mass is 19.2. The van der Waals surface area contributed by atoms with Crippen LogP contribution in [-0.4, -0.2) is 6.61 Å². The third-order valence-electron chi connectivity index (χ3n) is 4.52. The molecule has 0 aliphatic heterocycles. The van der Waals surface area contributed by atoms with Gasteiger partial charge in [-0.1, -0.05) is 88.4 Å². The number of hydrogen-bond acceptors (Lipinski definition) is 1. The third kappa shape index (κ3) is 7.62. The number of hydrogen-bond donors (Lipinski definition) is 0. The van der Waals surface area contributed by atoms with Crippen LogP contribution in [0.15, 0.2) is 72.9 Å². The first-order chi connectivity index (χ1) is 14.5. The Balaban J connectivity index is 0.00000218. The lowest BCUT2D eigenvalue weighted by molar-refractivity contribution is 0.295. The number of halogens is 2. The molecule has 0 N–H and O–H groups in total. The van der Waals surface area contributed by atoms with Gasteiger partial charge < -0.3 is 4.74 Å². The third-order valence-corrected chi connectivity index (χ3v) is 4.52. The predicted molar refractivity (Wildman–Crippen MR) is 125 cm³/mol. The van der Waals surface area contributed by atoms with E-state index < -0.39 is 11.6 Å². The van der Waals surface area contributed by atoms with E-state index in [0.717, 1.165) is 42.4 Å². The van der Waals surface area contributed by atoms with Gasteiger partial charge >= 0.3 is 0 Å². The first-order valence-electron chi connectivity index (χ1n) is 10.7. The van der Waals surface area contributed by atoms with E-state index >= 15 is 0 Å². The van der Waals surface area contributed by atoms with Gasteiger partial charge in [-0.3, -0.25) is 0 Å². The highest BCUT2D eigenvalue weighted by Gasteiger charge is 2.15. The molecule has 0 bridgehead atoms. The van der Waals surface area contributed by atoms with E-state index in [0.29, 0.717) is 12.2 Å². The summed E-state index contributed by atoms with van der Waals surface area (Å²) in [5.41, 5.74) is 4.11. The summed E-state index contributed by atoms with van der Waals surface area (Å²) in [4.78, 5) is 0. The van der Waals surface area contributed by atoms with Crippen molar-refractivity contribution in [3.8, 4) is 16.9 Å². The summed E-state index contributed by atoms with van der Waals surface area (Å²) >= 11 is 0. The van der Waals surface area contributed by atoms with E-state index in [2.05, 4.69) is 20.1 Å². The van der Waals surface area contributed by atoms with E-state index in [-0.39, 0.29) is 11.3 Å². The number of benzene rings is 2. The Morgan fingerprint density at radius 3 is 2.13 bits per heavy atom. The van der Waals surface area contributed by atoms with E-state index in [1.165, 1.54) is 6.07 Å². The predicted octanol–water partition coefficient (Wildman–Crippen LogP) is 8.46. The lowest BCUT2D eigenvalue weighted by atomic mass is 10.00. The van der Waals surface area contributed by atoms with Crippen LogP contribution >= 0.6 is 0 Å². The summed E-state index contributed by atoms with van der Waals surface area (Å²) in [7, 11) is 0. The van der Waals surface area contributed by atoms with Crippen LogP contribution in [0.5, 0.6) is 5.75 Å². The molecule has 162 valence electrons. The molecule has 0 saturated carbocycles. The number of ether oxygens (including phenoxy) is 1. The molecule has 0 aliphatic carbocycles. The van der Waals surface area contributed by atoms with Gasteiger partial charge in [-0.05, 0) is 48.9 Å². The van der Waals surface area contributed by atoms with Gasteiger partial charge in [0.05, 0.1) is 6.61 Å². The highest BCUT2D eigenvalue weighted by molar-refractivity contribution is 5.65. The lowest BCUT2D eigenvalue weighted by Crippen LogP contribution is -2.00. The summed E-state index contributed by atoms with van der Waals surface area (Å²) in [6.07, 6.45) is 7.33. The number of allylic oxidation sites excluding steroid dienone is 4. The quantitative estimate of drug-likeness (QED) is 0.356. The smallest absolute Gasteiger partial charge is 0.201 e. The average molecular weight is 413 g/mol. The van der Waals surface area contributed by atoms with E-state index in [9.17, 15) is 8.78 Å². The second-order valence-corrected chi connectivity index (χ2v) is 6.79. The molecule has 0 aromatic heterocycles. The van der Waals surface area contributed by atoms with Crippen molar-refractivity contribution in [2.24, 2.45) is 0 Å². The van der Waals surface area contributed by atoms with Crippen LogP contribution in [0, 0.1) is 11.6 Å². The molecule has 0 saturated heterocycles. The van der Waals surface area contributed by atoms with Gasteiger partial charge in [0.2, 0.25) is 5.82 Å². The largest absolute Gasteiger partial charge is 0.490 e. The van der Waals surface area contributed by atoms with Crippen LogP contribution in [0.3, 0.4) is 0 Å². The molecule has 3 heteroatoms. The lowest BCUT2D eigenvalue weighted by Gasteiger charge is -2.10. The molecule has 2 aromatic carbocycles. The molecule has 0 radical (unpaired) electrons. The van der Waals surface area contributed by atoms with Crippen molar-refractivity contribution in [2.75, 3.05) is 6.61 Å². The molecular weight excluding hydrogens is 378 g/mol. The van der Waals surface area contributed by atoms with Crippen molar-refractivity contribution in [2.45, 2.75) is 53.4 Å². The molecular formula is C27H34F2O. The Morgan fingerprint density at radius 2 is 1.53 bits per heavy atom. The Hall–Kier alpha value is -2.68. The van der Waals surface area contributed by atoms with Crippen molar-refractivity contribution in [1.82, 2.24) is 0 Å². The molecule has 30 heavy (non-hydrogen) atoms. The molecule has 1 nitrogen and oxygen atoms in total. The maximum atomic E-state index is 14.4. The minimum atomic E-state index is -0.938. The van der Waals surface area contributed by atoms with Gasteiger partial charge in [-0.15, -0.1) is 0 Å². The summed E-state index contributed by atoms with van der Waals surface area (Å²) in [6, 6.07) is 10.6. The Morgan fingerprint density at radius 1 is 0.900 bits per heavy atom. The van der Waals surface area contributed by atoms with Gasteiger partial charge in [0.25, 0.3) is 0 Å². The number of aryl methyl sites for hydroxylation is 1. The van der Waals surface area contributed by atoms with Gasteiger partial charge in [0.15, 0.2) is 11.6 Å². The molecule has 0 spiro atoms. The zero-order valence-corrected chi connectivity index (χ0v) is 18.7. The molecule has 0 heterocycles. The number of rotatable bonds is 10. The van der Waals surface area contributed by atoms with Crippen LogP contribution in [0.1, 0.15) is 52.5 Å². The Labute approximate surface area is 180 Å². The van der Waals surface area contributed by atoms with E-state index in [1.54, 1.807) is 6.07 Å². The fraction of sp³-hybridized carbons (Fsp3) is 0.333. The van der Waals surface area contributed by atoms with E-state index in [1.807, 2.05) is 57.2 Å². The highest BCUT2D eigenvalue weighted by Crippen LogP contribution is 2.30. The minimum absolute atomic E-state index is 0.0444. The molecule has 0 amide bonds. The van der Waals surface area contributed by atoms with Gasteiger partial charge in [0.1, 0.15) is 0 Å². The van der Waals surface area contributed by atoms with Crippen LogP contribution in [-0.2, 0) is 6.42 Å². The zero-order chi connectivity index (χ0) is 22.5. The molecule has 0 aliphatic rings. The second-order valence-electron chi connectivity index (χ2n) is 6.79. The summed E-state index contributed by atoms with van der Waals surface area (Å²) in [5, 5.41) is 0. The van der Waals surface area contributed by atoms with Crippen LogP contribution in [0.4, 0.5) is 8.78 Å². The monoisotopic (exact) mass is 412 g/mol. The summed E-state index contributed by atoms with van der Waals surface area (Å²) in [6.45, 7) is 16.3. The first-order valence-corrected chi connectivity index (χ1v) is 10.7. The fourth-order valence-corrected chi connectivity index (χ4v) is 2.67. The molecule has 2 aromatic rings. The first kappa shape index (κ1) is 25.4. The molecule has 2 rings (SSSR count). The van der Waals surface area contributed by atoms with Crippen molar-refractivity contribution in [1.29, 1.82) is 0 Å². The van der Waals surface area contributed by atoms with Gasteiger partial charge in [-0.25, -0.2) is 4.39 Å². The van der Waals surface area contributed by atoms with Crippen molar-refractivity contribution in [3.63, 3.8) is 0 Å². The minimum Gasteiger partial charge on any atom is -0.490 e. The van der Waals surface area contributed by atoms with Crippen LogP contribution < -0.4 is 4.74 Å². The second kappa shape index (κ2) is 13.5.